The maximum absolute atomic E-state index is 11.8. The molecule has 0 saturated carbocycles. The maximum Gasteiger partial charge on any atom is 0.411 e. The van der Waals surface area contributed by atoms with Crippen LogP contribution in [0.2, 0.25) is 0 Å². The van der Waals surface area contributed by atoms with Crippen LogP contribution < -0.4 is 10.2 Å². The normalized spacial score (nSPS) is 12.5. The Labute approximate surface area is 149 Å². The third-order valence-electron chi connectivity index (χ3n) is 3.79. The molecule has 136 valence electrons. The highest BCUT2D eigenvalue weighted by Crippen LogP contribution is 2.22. The first-order valence-corrected chi connectivity index (χ1v) is 10.1. The second-order valence-electron chi connectivity index (χ2n) is 5.48. The number of hydrogen-bond donors (Lipinski definition) is 1. The summed E-state index contributed by atoms with van der Waals surface area (Å²) in [5.41, 5.74) is 2.61. The quantitative estimate of drug-likeness (QED) is 0.704. The van der Waals surface area contributed by atoms with Crippen LogP contribution in [0.3, 0.4) is 0 Å². The van der Waals surface area contributed by atoms with Crippen molar-refractivity contribution in [3.05, 3.63) is 23.8 Å². The number of rotatable bonds is 8. The molecule has 6 nitrogen and oxygen atoms in total. The second kappa shape index (κ2) is 9.13. The molecule has 0 heterocycles. The highest BCUT2D eigenvalue weighted by Gasteiger charge is 2.21. The molecule has 0 radical (unpaired) electrons. The van der Waals surface area contributed by atoms with Gasteiger partial charge in [-0.2, -0.15) is 0 Å². The summed E-state index contributed by atoms with van der Waals surface area (Å²) in [6.07, 6.45) is -0.690. The van der Waals surface area contributed by atoms with Crippen molar-refractivity contribution in [3.8, 4) is 0 Å². The number of carbonyl (C=O) groups is 1. The van der Waals surface area contributed by atoms with Gasteiger partial charge in [-0.1, -0.05) is 0 Å². The van der Waals surface area contributed by atoms with Crippen molar-refractivity contribution < 1.29 is 17.9 Å². The Morgan fingerprint density at radius 2 is 1.96 bits per heavy atom. The fourth-order valence-electron chi connectivity index (χ4n) is 2.12. The molecule has 1 N–H and O–H groups in total. The minimum Gasteiger partial charge on any atom is -0.448 e. The molecule has 1 atom stereocenters. The van der Waals surface area contributed by atoms with E-state index in [4.69, 9.17) is 16.3 Å². The number of halogens is 1. The summed E-state index contributed by atoms with van der Waals surface area (Å²) < 4.78 is 28.0. The third-order valence-corrected chi connectivity index (χ3v) is 6.37. The Hall–Kier alpha value is -1.47. The number of benzene rings is 1. The van der Waals surface area contributed by atoms with Crippen LogP contribution in [0.1, 0.15) is 26.3 Å². The molecule has 1 unspecified atom stereocenters. The molecule has 0 saturated heterocycles. The van der Waals surface area contributed by atoms with Crippen molar-refractivity contribution in [1.29, 1.82) is 0 Å². The molecule has 0 spiro atoms. The minimum absolute atomic E-state index is 0.239. The number of hydrogen-bond acceptors (Lipinski definition) is 5. The minimum atomic E-state index is -3.44. The first-order chi connectivity index (χ1) is 11.2. The first-order valence-electron chi connectivity index (χ1n) is 7.82. The molecule has 1 aromatic rings. The standard InChI is InChI=1S/C16H25ClN2O4S/c1-5-19(6-2)14-7-8-15(12(3)9-14)18-16(20)23-10-13(4)24(21,22)11-17/h7-9,13H,5-6,10-11H2,1-4H3,(H,18,20). The van der Waals surface area contributed by atoms with Gasteiger partial charge in [0, 0.05) is 24.5 Å². The Kier molecular flexibility index (Phi) is 7.83. The molecule has 0 aromatic heterocycles. The van der Waals surface area contributed by atoms with Crippen LogP contribution in [-0.2, 0) is 14.6 Å². The summed E-state index contributed by atoms with van der Waals surface area (Å²) in [4.78, 5) is 14.0. The summed E-state index contributed by atoms with van der Waals surface area (Å²) in [5, 5.41) is 1.29. The number of carbonyl (C=O) groups excluding carboxylic acids is 1. The summed E-state index contributed by atoms with van der Waals surface area (Å²) in [5.74, 6) is 0. The van der Waals surface area contributed by atoms with Gasteiger partial charge in [-0.3, -0.25) is 5.32 Å². The van der Waals surface area contributed by atoms with Gasteiger partial charge in [0.15, 0.2) is 9.84 Å². The number of amides is 1. The maximum atomic E-state index is 11.8. The predicted molar refractivity (Wildman–Crippen MR) is 98.8 cm³/mol. The lowest BCUT2D eigenvalue weighted by molar-refractivity contribution is 0.162. The molecule has 1 aromatic carbocycles. The number of sulfone groups is 1. The van der Waals surface area contributed by atoms with Crippen LogP contribution in [0.15, 0.2) is 18.2 Å². The molecule has 0 bridgehead atoms. The van der Waals surface area contributed by atoms with Crippen LogP contribution in [-0.4, -0.2) is 44.7 Å². The molecule has 1 amide bonds. The van der Waals surface area contributed by atoms with Gasteiger partial charge in [0.05, 0.1) is 5.25 Å². The largest absolute Gasteiger partial charge is 0.448 e. The average molecular weight is 377 g/mol. The van der Waals surface area contributed by atoms with E-state index in [1.54, 1.807) is 0 Å². The van der Waals surface area contributed by atoms with Crippen molar-refractivity contribution in [3.63, 3.8) is 0 Å². The van der Waals surface area contributed by atoms with E-state index in [1.165, 1.54) is 6.92 Å². The van der Waals surface area contributed by atoms with E-state index in [9.17, 15) is 13.2 Å². The zero-order valence-electron chi connectivity index (χ0n) is 14.5. The number of aryl methyl sites for hydroxylation is 1. The van der Waals surface area contributed by atoms with Crippen molar-refractivity contribution in [2.24, 2.45) is 0 Å². The monoisotopic (exact) mass is 376 g/mol. The Bertz CT molecular complexity index is 660. The van der Waals surface area contributed by atoms with Crippen LogP contribution >= 0.6 is 11.6 Å². The van der Waals surface area contributed by atoms with Gasteiger partial charge in [0.25, 0.3) is 0 Å². The van der Waals surface area contributed by atoms with Gasteiger partial charge in [0.1, 0.15) is 11.8 Å². The van der Waals surface area contributed by atoms with Gasteiger partial charge < -0.3 is 9.64 Å². The van der Waals surface area contributed by atoms with Crippen LogP contribution in [0, 0.1) is 6.92 Å². The number of nitrogens with one attached hydrogen (secondary N) is 1. The third kappa shape index (κ3) is 5.56. The van der Waals surface area contributed by atoms with Crippen molar-refractivity contribution in [1.82, 2.24) is 0 Å². The lowest BCUT2D eigenvalue weighted by Crippen LogP contribution is -2.27. The number of nitrogens with zero attached hydrogens (tertiary/aromatic N) is 1. The van der Waals surface area contributed by atoms with E-state index in [1.807, 2.05) is 25.1 Å². The predicted octanol–water partition coefficient (Wildman–Crippen LogP) is 3.39. The first kappa shape index (κ1) is 20.6. The molecule has 0 aliphatic heterocycles. The second-order valence-corrected chi connectivity index (χ2v) is 8.48. The smallest absolute Gasteiger partial charge is 0.411 e. The Morgan fingerprint density at radius 3 is 2.46 bits per heavy atom. The molecule has 0 aliphatic carbocycles. The van der Waals surface area contributed by atoms with Gasteiger partial charge in [-0.25, -0.2) is 13.2 Å². The molecule has 1 rings (SSSR count). The number of anilines is 2. The SMILES string of the molecule is CCN(CC)c1ccc(NC(=O)OCC(C)S(=O)(=O)CCl)c(C)c1. The molecule has 0 fully saturated rings. The topological polar surface area (TPSA) is 75.7 Å². The molecule has 0 aliphatic rings. The summed E-state index contributed by atoms with van der Waals surface area (Å²) in [6.45, 7) is 9.07. The van der Waals surface area contributed by atoms with E-state index < -0.39 is 26.4 Å². The highest BCUT2D eigenvalue weighted by molar-refractivity contribution is 7.93. The lowest BCUT2D eigenvalue weighted by atomic mass is 10.1. The highest BCUT2D eigenvalue weighted by atomic mass is 35.5. The van der Waals surface area contributed by atoms with Crippen LogP contribution in [0.4, 0.5) is 16.2 Å². The van der Waals surface area contributed by atoms with E-state index >= 15 is 0 Å². The van der Waals surface area contributed by atoms with Crippen LogP contribution in [0.25, 0.3) is 0 Å². The molecule has 24 heavy (non-hydrogen) atoms. The lowest BCUT2D eigenvalue weighted by Gasteiger charge is -2.22. The van der Waals surface area contributed by atoms with E-state index in [0.29, 0.717) is 5.69 Å². The molecule has 8 heteroatoms. The number of ether oxygens (including phenoxy) is 1. The Morgan fingerprint density at radius 1 is 1.33 bits per heavy atom. The van der Waals surface area contributed by atoms with E-state index in [2.05, 4.69) is 24.1 Å². The van der Waals surface area contributed by atoms with Gasteiger partial charge in [-0.15, -0.1) is 11.6 Å². The van der Waals surface area contributed by atoms with Gasteiger partial charge in [0.2, 0.25) is 0 Å². The average Bonchev–Trinajstić information content (AvgIpc) is 2.56. The Balaban J connectivity index is 2.68. The van der Waals surface area contributed by atoms with E-state index in [-0.39, 0.29) is 6.61 Å². The van der Waals surface area contributed by atoms with Gasteiger partial charge >= 0.3 is 6.09 Å². The molecular formula is C16H25ClN2O4S. The zero-order chi connectivity index (χ0) is 18.3. The fraction of sp³-hybridized carbons (Fsp3) is 0.562. The molecular weight excluding hydrogens is 352 g/mol. The summed E-state index contributed by atoms with van der Waals surface area (Å²) in [7, 11) is -3.44. The van der Waals surface area contributed by atoms with E-state index in [0.717, 1.165) is 24.3 Å². The zero-order valence-corrected chi connectivity index (χ0v) is 16.1. The van der Waals surface area contributed by atoms with Crippen LogP contribution in [0.5, 0.6) is 0 Å². The summed E-state index contributed by atoms with van der Waals surface area (Å²) >= 11 is 5.37. The van der Waals surface area contributed by atoms with Crippen molar-refractivity contribution >= 4 is 38.9 Å². The van der Waals surface area contributed by atoms with Crippen molar-refractivity contribution in [2.45, 2.75) is 32.9 Å². The van der Waals surface area contributed by atoms with Crippen molar-refractivity contribution in [2.75, 3.05) is 35.1 Å². The summed E-state index contributed by atoms with van der Waals surface area (Å²) in [6, 6.07) is 5.72. The van der Waals surface area contributed by atoms with Gasteiger partial charge in [-0.05, 0) is 51.5 Å². The number of alkyl halides is 1. The fourth-order valence-corrected chi connectivity index (χ4v) is 3.26.